The van der Waals surface area contributed by atoms with Crippen LogP contribution in [-0.4, -0.2) is 37.2 Å². The Kier molecular flexibility index (Phi) is 63.7. The van der Waals surface area contributed by atoms with Crippen LogP contribution in [0.4, 0.5) is 0 Å². The number of hydrogen-bond donors (Lipinski definition) is 0. The number of carbonyl (C=O) groups excluding carboxylic acids is 3. The number of unbranched alkanes of at least 4 members (excludes halogenated alkanes) is 39. The lowest BCUT2D eigenvalue weighted by molar-refractivity contribution is -0.167. The molecule has 0 amide bonds. The van der Waals surface area contributed by atoms with Gasteiger partial charge in [0, 0.05) is 19.3 Å². The van der Waals surface area contributed by atoms with Crippen LogP contribution < -0.4 is 0 Å². The van der Waals surface area contributed by atoms with Gasteiger partial charge in [-0.05, 0) is 109 Å². The van der Waals surface area contributed by atoms with Crippen molar-refractivity contribution in [1.82, 2.24) is 0 Å². The molecule has 1 unspecified atom stereocenters. The molecular formula is C72H128O6. The van der Waals surface area contributed by atoms with E-state index in [0.717, 1.165) is 89.9 Å². The summed E-state index contributed by atoms with van der Waals surface area (Å²) in [5, 5.41) is 0. The van der Waals surface area contributed by atoms with Gasteiger partial charge in [0.25, 0.3) is 0 Å². The van der Waals surface area contributed by atoms with Gasteiger partial charge in [0.15, 0.2) is 6.10 Å². The molecule has 0 saturated heterocycles. The fraction of sp³-hybridized carbons (Fsp3) is 0.792. The second-order valence-corrected chi connectivity index (χ2v) is 22.7. The van der Waals surface area contributed by atoms with E-state index in [0.29, 0.717) is 19.3 Å². The highest BCUT2D eigenvalue weighted by Gasteiger charge is 2.19. The third kappa shape index (κ3) is 63.7. The second-order valence-electron chi connectivity index (χ2n) is 22.7. The summed E-state index contributed by atoms with van der Waals surface area (Å²) < 4.78 is 17.0. The summed E-state index contributed by atoms with van der Waals surface area (Å²) in [5.41, 5.74) is 0. The number of rotatable bonds is 62. The molecule has 0 spiro atoms. The predicted octanol–water partition coefficient (Wildman–Crippen LogP) is 23.3. The summed E-state index contributed by atoms with van der Waals surface area (Å²) >= 11 is 0. The van der Waals surface area contributed by atoms with Crippen molar-refractivity contribution >= 4 is 17.9 Å². The van der Waals surface area contributed by atoms with Crippen LogP contribution in [-0.2, 0) is 28.6 Å². The standard InChI is InChI=1S/C72H128O6/c1-4-7-10-13-16-19-22-25-28-30-32-33-34-35-36-37-38-39-41-42-44-47-50-53-56-59-62-65-71(74)77-68-69(67-76-70(73)64-61-58-55-52-49-46-27-24-21-18-15-12-9-6-3)78-72(75)66-63-60-57-54-51-48-45-43-40-31-29-26-23-20-17-14-11-8-5-2/h15,18,22,24-27,29-30,32,34-35,69H,4-14,16-17,19-21,23,28,31,33,36-68H2,1-3H3/b18-15-,25-22-,27-24-,29-26-,32-30-,35-34-. The van der Waals surface area contributed by atoms with Crippen molar-refractivity contribution in [1.29, 1.82) is 0 Å². The third-order valence-corrected chi connectivity index (χ3v) is 14.9. The van der Waals surface area contributed by atoms with Gasteiger partial charge in [0.05, 0.1) is 0 Å². The maximum Gasteiger partial charge on any atom is 0.306 e. The first kappa shape index (κ1) is 74.8. The molecule has 78 heavy (non-hydrogen) atoms. The summed E-state index contributed by atoms with van der Waals surface area (Å²) in [6, 6.07) is 0. The molecule has 1 atom stereocenters. The zero-order valence-electron chi connectivity index (χ0n) is 51.9. The molecule has 0 aromatic rings. The Bertz CT molecular complexity index is 1440. The lowest BCUT2D eigenvalue weighted by Gasteiger charge is -2.18. The van der Waals surface area contributed by atoms with Crippen molar-refractivity contribution < 1.29 is 28.6 Å². The molecule has 0 bridgehead atoms. The topological polar surface area (TPSA) is 78.9 Å². The minimum atomic E-state index is -0.784. The van der Waals surface area contributed by atoms with Crippen LogP contribution in [0.15, 0.2) is 72.9 Å². The fourth-order valence-corrected chi connectivity index (χ4v) is 9.76. The molecule has 0 heterocycles. The number of ether oxygens (including phenoxy) is 3. The van der Waals surface area contributed by atoms with E-state index in [1.807, 2.05) is 0 Å². The van der Waals surface area contributed by atoms with Gasteiger partial charge in [-0.2, -0.15) is 0 Å². The molecule has 0 saturated carbocycles. The van der Waals surface area contributed by atoms with E-state index in [9.17, 15) is 14.4 Å². The number of carbonyl (C=O) groups is 3. The normalized spacial score (nSPS) is 12.5. The molecule has 0 rings (SSSR count). The van der Waals surface area contributed by atoms with Gasteiger partial charge in [0.1, 0.15) is 13.2 Å². The number of hydrogen-bond acceptors (Lipinski definition) is 6. The van der Waals surface area contributed by atoms with Gasteiger partial charge in [-0.25, -0.2) is 0 Å². The second kappa shape index (κ2) is 66.4. The minimum Gasteiger partial charge on any atom is -0.462 e. The molecule has 0 aliphatic carbocycles. The highest BCUT2D eigenvalue weighted by atomic mass is 16.6. The van der Waals surface area contributed by atoms with E-state index < -0.39 is 6.10 Å². The molecule has 0 N–H and O–H groups in total. The van der Waals surface area contributed by atoms with Crippen LogP contribution in [0.3, 0.4) is 0 Å². The monoisotopic (exact) mass is 1090 g/mol. The maximum absolute atomic E-state index is 12.9. The van der Waals surface area contributed by atoms with Crippen molar-refractivity contribution in [2.24, 2.45) is 0 Å². The van der Waals surface area contributed by atoms with Crippen molar-refractivity contribution in [2.75, 3.05) is 13.2 Å². The largest absolute Gasteiger partial charge is 0.462 e. The summed E-state index contributed by atoms with van der Waals surface area (Å²) in [7, 11) is 0. The first-order chi connectivity index (χ1) is 38.5. The SMILES string of the molecule is CCCC/C=C\C/C=C\CCCCCCCC(=O)OCC(COC(=O)CCCCCCCCCCCCCC/C=C\C/C=C\C/C=C\CCCCCCC)OC(=O)CCCCCCCCCCC/C=C\CCCCCCCC. The average molecular weight is 1090 g/mol. The van der Waals surface area contributed by atoms with Crippen LogP contribution in [0.2, 0.25) is 0 Å². The Labute approximate surface area is 484 Å². The molecule has 6 heteroatoms. The zero-order valence-corrected chi connectivity index (χ0v) is 51.9. The maximum atomic E-state index is 12.9. The van der Waals surface area contributed by atoms with Crippen LogP contribution in [0.5, 0.6) is 0 Å². The molecule has 6 nitrogen and oxygen atoms in total. The first-order valence-electron chi connectivity index (χ1n) is 33.9. The summed E-state index contributed by atoms with van der Waals surface area (Å²) in [5.74, 6) is -0.881. The zero-order chi connectivity index (χ0) is 56.4. The minimum absolute atomic E-state index is 0.0797. The highest BCUT2D eigenvalue weighted by Crippen LogP contribution is 2.17. The van der Waals surface area contributed by atoms with E-state index >= 15 is 0 Å². The van der Waals surface area contributed by atoms with Crippen molar-refractivity contribution in [3.8, 4) is 0 Å². The Morgan fingerprint density at radius 1 is 0.256 bits per heavy atom. The molecule has 0 aliphatic rings. The summed E-state index contributed by atoms with van der Waals surface area (Å²) in [4.78, 5) is 38.4. The summed E-state index contributed by atoms with van der Waals surface area (Å²) in [6.45, 7) is 6.61. The van der Waals surface area contributed by atoms with Crippen LogP contribution >= 0.6 is 0 Å². The first-order valence-corrected chi connectivity index (χ1v) is 33.9. The number of allylic oxidation sites excluding steroid dienone is 12. The molecule has 0 fully saturated rings. The van der Waals surface area contributed by atoms with Gasteiger partial charge in [-0.15, -0.1) is 0 Å². The highest BCUT2D eigenvalue weighted by molar-refractivity contribution is 5.71. The molecule has 0 aromatic carbocycles. The van der Waals surface area contributed by atoms with Crippen LogP contribution in [0.1, 0.15) is 348 Å². The Balaban J connectivity index is 4.29. The van der Waals surface area contributed by atoms with Crippen LogP contribution in [0, 0.1) is 0 Å². The van der Waals surface area contributed by atoms with Crippen molar-refractivity contribution in [3.63, 3.8) is 0 Å². The van der Waals surface area contributed by atoms with E-state index in [1.165, 1.54) is 218 Å². The smallest absolute Gasteiger partial charge is 0.306 e. The fourth-order valence-electron chi connectivity index (χ4n) is 9.76. The molecule has 0 radical (unpaired) electrons. The predicted molar refractivity (Wildman–Crippen MR) is 339 cm³/mol. The molecule has 0 aromatic heterocycles. The Morgan fingerprint density at radius 2 is 0.474 bits per heavy atom. The van der Waals surface area contributed by atoms with E-state index in [1.54, 1.807) is 0 Å². The molecule has 452 valence electrons. The van der Waals surface area contributed by atoms with Gasteiger partial charge < -0.3 is 14.2 Å². The Hall–Kier alpha value is -3.15. The van der Waals surface area contributed by atoms with Gasteiger partial charge >= 0.3 is 17.9 Å². The third-order valence-electron chi connectivity index (χ3n) is 14.9. The number of esters is 3. The van der Waals surface area contributed by atoms with E-state index in [4.69, 9.17) is 14.2 Å². The van der Waals surface area contributed by atoms with E-state index in [-0.39, 0.29) is 31.1 Å². The van der Waals surface area contributed by atoms with Gasteiger partial charge in [-0.1, -0.05) is 293 Å². The van der Waals surface area contributed by atoms with Crippen LogP contribution in [0.25, 0.3) is 0 Å². The van der Waals surface area contributed by atoms with E-state index in [2.05, 4.69) is 93.7 Å². The lowest BCUT2D eigenvalue weighted by Crippen LogP contribution is -2.30. The molecular weight excluding hydrogens is 961 g/mol. The van der Waals surface area contributed by atoms with Gasteiger partial charge in [0.2, 0.25) is 0 Å². The average Bonchev–Trinajstić information content (AvgIpc) is 3.44. The van der Waals surface area contributed by atoms with Crippen molar-refractivity contribution in [3.05, 3.63) is 72.9 Å². The Morgan fingerprint density at radius 3 is 0.769 bits per heavy atom. The van der Waals surface area contributed by atoms with Crippen molar-refractivity contribution in [2.45, 2.75) is 354 Å². The lowest BCUT2D eigenvalue weighted by atomic mass is 10.0. The molecule has 0 aliphatic heterocycles. The van der Waals surface area contributed by atoms with Gasteiger partial charge in [-0.3, -0.25) is 14.4 Å². The quantitative estimate of drug-likeness (QED) is 0.0261. The summed E-state index contributed by atoms with van der Waals surface area (Å²) in [6.07, 6.45) is 86.3.